The van der Waals surface area contributed by atoms with Crippen LogP contribution in [0.3, 0.4) is 0 Å². The number of para-hydroxylation sites is 1. The maximum Gasteiger partial charge on any atom is 0.339 e. The van der Waals surface area contributed by atoms with E-state index in [1.165, 1.54) is 6.92 Å². The van der Waals surface area contributed by atoms with Crippen LogP contribution in [-0.2, 0) is 21.2 Å². The predicted octanol–water partition coefficient (Wildman–Crippen LogP) is 2.24. The second-order valence-electron chi connectivity index (χ2n) is 6.87. The van der Waals surface area contributed by atoms with E-state index in [1.807, 2.05) is 24.3 Å². The summed E-state index contributed by atoms with van der Waals surface area (Å²) in [5.41, 5.74) is 1.42. The number of sulfonamides is 1. The molecule has 3 aromatic rings. The van der Waals surface area contributed by atoms with Crippen molar-refractivity contribution < 1.29 is 33.3 Å². The number of carboxylic acids is 2. The van der Waals surface area contributed by atoms with E-state index in [9.17, 15) is 28.2 Å². The molecule has 0 aliphatic rings. The number of hydrogen-bond acceptors (Lipinski definition) is 5. The Balaban J connectivity index is 1.86. The van der Waals surface area contributed by atoms with Crippen molar-refractivity contribution in [2.24, 2.45) is 0 Å². The SMILES string of the molecule is Cc1cc(C(=O)O)c(O)c(S(=O)(=O)NC(CCc2c[nH]c3ccccc23)C(=O)O)c1. The lowest BCUT2D eigenvalue weighted by Crippen LogP contribution is -2.41. The van der Waals surface area contributed by atoms with Crippen LogP contribution >= 0.6 is 0 Å². The molecule has 0 bridgehead atoms. The number of aromatic hydroxyl groups is 1. The Kier molecular flexibility index (Phi) is 5.81. The average Bonchev–Trinajstić information content (AvgIpc) is 3.09. The van der Waals surface area contributed by atoms with Gasteiger partial charge >= 0.3 is 11.9 Å². The Hall–Kier alpha value is -3.37. The Morgan fingerprint density at radius 1 is 1.17 bits per heavy atom. The van der Waals surface area contributed by atoms with Crippen LogP contribution in [0.5, 0.6) is 5.75 Å². The van der Waals surface area contributed by atoms with Crippen LogP contribution in [-0.4, -0.2) is 46.7 Å². The number of nitrogens with one attached hydrogen (secondary N) is 2. The van der Waals surface area contributed by atoms with Gasteiger partial charge in [0, 0.05) is 17.1 Å². The van der Waals surface area contributed by atoms with Gasteiger partial charge in [0.05, 0.1) is 0 Å². The Morgan fingerprint density at radius 2 is 1.87 bits per heavy atom. The quantitative estimate of drug-likeness (QED) is 0.365. The molecule has 1 heterocycles. The molecule has 1 unspecified atom stereocenters. The van der Waals surface area contributed by atoms with Crippen LogP contribution in [0.1, 0.15) is 27.9 Å². The summed E-state index contributed by atoms with van der Waals surface area (Å²) >= 11 is 0. The van der Waals surface area contributed by atoms with E-state index in [0.29, 0.717) is 0 Å². The highest BCUT2D eigenvalue weighted by molar-refractivity contribution is 7.89. The van der Waals surface area contributed by atoms with E-state index in [0.717, 1.165) is 28.6 Å². The molecule has 3 rings (SSSR count). The smallest absolute Gasteiger partial charge is 0.339 e. The number of carboxylic acid groups (broad SMARTS) is 2. The molecular weight excluding hydrogens is 412 g/mol. The van der Waals surface area contributed by atoms with Gasteiger partial charge in [0.1, 0.15) is 22.3 Å². The van der Waals surface area contributed by atoms with E-state index in [2.05, 4.69) is 9.71 Å². The molecule has 1 atom stereocenters. The van der Waals surface area contributed by atoms with Crippen molar-refractivity contribution in [1.29, 1.82) is 0 Å². The van der Waals surface area contributed by atoms with Gasteiger partial charge in [-0.15, -0.1) is 0 Å². The van der Waals surface area contributed by atoms with Crippen LogP contribution < -0.4 is 4.72 Å². The largest absolute Gasteiger partial charge is 0.506 e. The standard InChI is InChI=1S/C20H20N2O7S/c1-11-8-14(19(24)25)18(23)17(9-11)30(28,29)22-16(20(26)27)7-6-12-10-21-15-5-3-2-4-13(12)15/h2-5,8-10,16,21-23H,6-7H2,1H3,(H,24,25)(H,26,27). The summed E-state index contributed by atoms with van der Waals surface area (Å²) in [6.45, 7) is 1.47. The van der Waals surface area contributed by atoms with Crippen LogP contribution in [0.25, 0.3) is 10.9 Å². The number of rotatable bonds is 8. The van der Waals surface area contributed by atoms with Crippen molar-refractivity contribution in [3.63, 3.8) is 0 Å². The summed E-state index contributed by atoms with van der Waals surface area (Å²) in [6, 6.07) is 8.19. The van der Waals surface area contributed by atoms with Crippen molar-refractivity contribution in [3.05, 3.63) is 59.3 Å². The third kappa shape index (κ3) is 4.29. The first-order valence-corrected chi connectivity index (χ1v) is 10.5. The highest BCUT2D eigenvalue weighted by atomic mass is 32.2. The minimum Gasteiger partial charge on any atom is -0.506 e. The van der Waals surface area contributed by atoms with Crippen LogP contribution in [0.4, 0.5) is 0 Å². The Morgan fingerprint density at radius 3 is 2.53 bits per heavy atom. The molecule has 5 N–H and O–H groups in total. The molecule has 2 aromatic carbocycles. The van der Waals surface area contributed by atoms with Gasteiger partial charge in [0.2, 0.25) is 10.0 Å². The van der Waals surface area contributed by atoms with Gasteiger partial charge in [-0.3, -0.25) is 4.79 Å². The number of benzene rings is 2. The lowest BCUT2D eigenvalue weighted by atomic mass is 10.1. The molecule has 0 fully saturated rings. The van der Waals surface area contributed by atoms with Gasteiger partial charge < -0.3 is 20.3 Å². The molecule has 9 nitrogen and oxygen atoms in total. The van der Waals surface area contributed by atoms with Crippen molar-refractivity contribution >= 4 is 32.9 Å². The second-order valence-corrected chi connectivity index (χ2v) is 8.56. The fourth-order valence-electron chi connectivity index (χ4n) is 3.24. The van der Waals surface area contributed by atoms with Crippen molar-refractivity contribution in [2.75, 3.05) is 0 Å². The Labute approximate surface area is 172 Å². The number of aliphatic carboxylic acids is 1. The number of aromatic amines is 1. The number of aromatic carboxylic acids is 1. The molecule has 0 saturated carbocycles. The number of phenols is 1. The van der Waals surface area contributed by atoms with Crippen LogP contribution in [0.2, 0.25) is 0 Å². The first kappa shape index (κ1) is 21.3. The number of aromatic nitrogens is 1. The topological polar surface area (TPSA) is 157 Å². The normalized spacial score (nSPS) is 12.7. The zero-order valence-electron chi connectivity index (χ0n) is 15.9. The lowest BCUT2D eigenvalue weighted by molar-refractivity contribution is -0.139. The lowest BCUT2D eigenvalue weighted by Gasteiger charge is -2.16. The molecule has 0 aliphatic carbocycles. The zero-order valence-corrected chi connectivity index (χ0v) is 16.7. The number of carbonyl (C=O) groups is 2. The van der Waals surface area contributed by atoms with Crippen molar-refractivity contribution in [3.8, 4) is 5.75 Å². The molecule has 0 amide bonds. The number of hydrogen-bond donors (Lipinski definition) is 5. The molecule has 1 aromatic heterocycles. The minimum absolute atomic E-state index is 0.0468. The predicted molar refractivity (Wildman–Crippen MR) is 108 cm³/mol. The maximum absolute atomic E-state index is 12.7. The highest BCUT2D eigenvalue weighted by Gasteiger charge is 2.29. The van der Waals surface area contributed by atoms with Gasteiger partial charge in [0.15, 0.2) is 0 Å². The van der Waals surface area contributed by atoms with E-state index in [-0.39, 0.29) is 18.4 Å². The Bertz CT molecular complexity index is 1230. The molecule has 10 heteroatoms. The molecule has 0 radical (unpaired) electrons. The highest BCUT2D eigenvalue weighted by Crippen LogP contribution is 2.29. The molecule has 0 spiro atoms. The monoisotopic (exact) mass is 432 g/mol. The third-order valence-corrected chi connectivity index (χ3v) is 6.20. The summed E-state index contributed by atoms with van der Waals surface area (Å²) in [7, 11) is -4.50. The van der Waals surface area contributed by atoms with E-state index in [4.69, 9.17) is 5.11 Å². The third-order valence-electron chi connectivity index (χ3n) is 4.71. The first-order valence-electron chi connectivity index (χ1n) is 8.97. The van der Waals surface area contributed by atoms with Gasteiger partial charge in [-0.2, -0.15) is 4.72 Å². The van der Waals surface area contributed by atoms with Gasteiger partial charge in [-0.25, -0.2) is 13.2 Å². The molecule has 0 aliphatic heterocycles. The number of aryl methyl sites for hydroxylation is 2. The van der Waals surface area contributed by atoms with E-state index < -0.39 is 44.2 Å². The molecular formula is C20H20N2O7S. The summed E-state index contributed by atoms with van der Waals surface area (Å²) in [5.74, 6) is -3.83. The van der Waals surface area contributed by atoms with E-state index >= 15 is 0 Å². The van der Waals surface area contributed by atoms with Gasteiger partial charge in [-0.05, 0) is 49.1 Å². The average molecular weight is 432 g/mol. The minimum atomic E-state index is -4.50. The first-order chi connectivity index (χ1) is 14.1. The zero-order chi connectivity index (χ0) is 22.1. The van der Waals surface area contributed by atoms with Gasteiger partial charge in [-0.1, -0.05) is 18.2 Å². The summed E-state index contributed by atoms with van der Waals surface area (Å²) in [4.78, 5) is 25.3. The fraction of sp³-hybridized carbons (Fsp3) is 0.200. The van der Waals surface area contributed by atoms with Crippen molar-refractivity contribution in [1.82, 2.24) is 9.71 Å². The molecule has 30 heavy (non-hydrogen) atoms. The fourth-order valence-corrected chi connectivity index (χ4v) is 4.66. The molecule has 0 saturated heterocycles. The molecule has 158 valence electrons. The number of fused-ring (bicyclic) bond motifs is 1. The van der Waals surface area contributed by atoms with Crippen LogP contribution in [0.15, 0.2) is 47.5 Å². The van der Waals surface area contributed by atoms with Crippen LogP contribution in [0, 0.1) is 6.92 Å². The summed E-state index contributed by atoms with van der Waals surface area (Å²) in [6.07, 6.45) is 1.97. The summed E-state index contributed by atoms with van der Waals surface area (Å²) in [5, 5.41) is 29.7. The summed E-state index contributed by atoms with van der Waals surface area (Å²) < 4.78 is 27.5. The number of H-pyrrole nitrogens is 1. The maximum atomic E-state index is 12.7. The van der Waals surface area contributed by atoms with Gasteiger partial charge in [0.25, 0.3) is 0 Å². The van der Waals surface area contributed by atoms with E-state index in [1.54, 1.807) is 6.20 Å². The second kappa shape index (κ2) is 8.17. The van der Waals surface area contributed by atoms with Crippen molar-refractivity contribution in [2.45, 2.75) is 30.7 Å².